The predicted octanol–water partition coefficient (Wildman–Crippen LogP) is 2.57. The molecule has 1 nitrogen and oxygen atoms in total. The standard InChI is InChI=1S/C10H10FN/c1-3-8-5-9(6-12)7(2)4-10(8)11/h4-5H,3H2,1-2H3. The first-order chi connectivity index (χ1) is 5.69. The Balaban J connectivity index is 3.30. The molecule has 0 atom stereocenters. The first kappa shape index (κ1) is 8.73. The highest BCUT2D eigenvalue weighted by Crippen LogP contribution is 2.14. The average molecular weight is 163 g/mol. The van der Waals surface area contributed by atoms with Gasteiger partial charge in [-0.05, 0) is 36.6 Å². The van der Waals surface area contributed by atoms with Gasteiger partial charge in [-0.25, -0.2) is 4.39 Å². The minimum Gasteiger partial charge on any atom is -0.207 e. The normalized spacial score (nSPS) is 9.50. The second kappa shape index (κ2) is 3.36. The summed E-state index contributed by atoms with van der Waals surface area (Å²) in [5.74, 6) is -0.214. The molecule has 0 N–H and O–H groups in total. The second-order valence-electron chi connectivity index (χ2n) is 2.72. The molecule has 0 bridgehead atoms. The summed E-state index contributed by atoms with van der Waals surface area (Å²) in [6, 6.07) is 5.06. The van der Waals surface area contributed by atoms with Crippen molar-refractivity contribution in [3.8, 4) is 6.07 Å². The highest BCUT2D eigenvalue weighted by Gasteiger charge is 2.04. The van der Waals surface area contributed by atoms with Crippen molar-refractivity contribution in [3.05, 3.63) is 34.6 Å². The first-order valence-corrected chi connectivity index (χ1v) is 3.88. The van der Waals surface area contributed by atoms with Crippen molar-refractivity contribution in [2.75, 3.05) is 0 Å². The Bertz CT molecular complexity index is 336. The number of benzene rings is 1. The second-order valence-corrected chi connectivity index (χ2v) is 2.72. The molecule has 0 amide bonds. The van der Waals surface area contributed by atoms with E-state index in [1.807, 2.05) is 13.0 Å². The molecule has 0 saturated carbocycles. The molecule has 0 saturated heterocycles. The van der Waals surface area contributed by atoms with Gasteiger partial charge in [0.05, 0.1) is 11.6 Å². The molecule has 0 heterocycles. The van der Waals surface area contributed by atoms with Crippen LogP contribution in [0.15, 0.2) is 12.1 Å². The summed E-state index contributed by atoms with van der Waals surface area (Å²) in [6.07, 6.45) is 0.626. The van der Waals surface area contributed by atoms with Gasteiger partial charge in [-0.1, -0.05) is 6.92 Å². The van der Waals surface area contributed by atoms with E-state index < -0.39 is 0 Å². The fourth-order valence-electron chi connectivity index (χ4n) is 1.11. The maximum atomic E-state index is 13.1. The van der Waals surface area contributed by atoms with Gasteiger partial charge in [0.1, 0.15) is 5.82 Å². The van der Waals surface area contributed by atoms with Crippen LogP contribution in [0.5, 0.6) is 0 Å². The fraction of sp³-hybridized carbons (Fsp3) is 0.300. The molecular weight excluding hydrogens is 153 g/mol. The quantitative estimate of drug-likeness (QED) is 0.624. The Morgan fingerprint density at radius 1 is 1.50 bits per heavy atom. The number of hydrogen-bond acceptors (Lipinski definition) is 1. The Kier molecular flexibility index (Phi) is 2.44. The van der Waals surface area contributed by atoms with Crippen molar-refractivity contribution in [1.82, 2.24) is 0 Å². The molecule has 62 valence electrons. The van der Waals surface area contributed by atoms with Crippen molar-refractivity contribution in [2.45, 2.75) is 20.3 Å². The van der Waals surface area contributed by atoms with E-state index in [4.69, 9.17) is 5.26 Å². The number of hydrogen-bond donors (Lipinski definition) is 0. The predicted molar refractivity (Wildman–Crippen MR) is 45.2 cm³/mol. The molecule has 1 aromatic rings. The number of rotatable bonds is 1. The molecule has 0 aliphatic heterocycles. The minimum absolute atomic E-state index is 0.214. The topological polar surface area (TPSA) is 23.8 Å². The lowest BCUT2D eigenvalue weighted by Crippen LogP contribution is -1.92. The van der Waals surface area contributed by atoms with E-state index in [9.17, 15) is 4.39 Å². The van der Waals surface area contributed by atoms with Crippen molar-refractivity contribution in [3.63, 3.8) is 0 Å². The molecular formula is C10H10FN. The highest BCUT2D eigenvalue weighted by atomic mass is 19.1. The smallest absolute Gasteiger partial charge is 0.126 e. The zero-order chi connectivity index (χ0) is 9.14. The monoisotopic (exact) mass is 163 g/mol. The Morgan fingerprint density at radius 3 is 2.67 bits per heavy atom. The van der Waals surface area contributed by atoms with Gasteiger partial charge in [0.2, 0.25) is 0 Å². The Morgan fingerprint density at radius 2 is 2.17 bits per heavy atom. The largest absolute Gasteiger partial charge is 0.207 e. The first-order valence-electron chi connectivity index (χ1n) is 3.88. The average Bonchev–Trinajstić information content (AvgIpc) is 2.05. The summed E-state index contributed by atoms with van der Waals surface area (Å²) in [5, 5.41) is 8.66. The molecule has 1 aromatic carbocycles. The van der Waals surface area contributed by atoms with Crippen LogP contribution in [0.25, 0.3) is 0 Å². The van der Waals surface area contributed by atoms with Crippen LogP contribution in [0, 0.1) is 24.1 Å². The van der Waals surface area contributed by atoms with E-state index in [0.29, 0.717) is 23.1 Å². The molecule has 2 heteroatoms. The summed E-state index contributed by atoms with van der Waals surface area (Å²) in [5.41, 5.74) is 1.87. The molecule has 0 radical (unpaired) electrons. The zero-order valence-electron chi connectivity index (χ0n) is 7.19. The molecule has 0 aliphatic rings. The van der Waals surface area contributed by atoms with Crippen LogP contribution in [-0.2, 0) is 6.42 Å². The number of aryl methyl sites for hydroxylation is 2. The van der Waals surface area contributed by atoms with Crippen molar-refractivity contribution in [1.29, 1.82) is 5.26 Å². The molecule has 0 aliphatic carbocycles. The van der Waals surface area contributed by atoms with Gasteiger partial charge < -0.3 is 0 Å². The van der Waals surface area contributed by atoms with Crippen LogP contribution in [-0.4, -0.2) is 0 Å². The molecule has 0 fully saturated rings. The summed E-state index contributed by atoms with van der Waals surface area (Å²) in [4.78, 5) is 0. The van der Waals surface area contributed by atoms with Gasteiger partial charge >= 0.3 is 0 Å². The zero-order valence-corrected chi connectivity index (χ0v) is 7.19. The lowest BCUT2D eigenvalue weighted by molar-refractivity contribution is 0.610. The van der Waals surface area contributed by atoms with Crippen LogP contribution in [0.2, 0.25) is 0 Å². The van der Waals surface area contributed by atoms with Crippen molar-refractivity contribution >= 4 is 0 Å². The van der Waals surface area contributed by atoms with Crippen LogP contribution >= 0.6 is 0 Å². The molecule has 12 heavy (non-hydrogen) atoms. The van der Waals surface area contributed by atoms with E-state index in [0.717, 1.165) is 0 Å². The SMILES string of the molecule is CCc1cc(C#N)c(C)cc1F. The summed E-state index contributed by atoms with van der Waals surface area (Å²) in [6.45, 7) is 3.61. The van der Waals surface area contributed by atoms with Crippen LogP contribution < -0.4 is 0 Å². The minimum atomic E-state index is -0.214. The van der Waals surface area contributed by atoms with Crippen LogP contribution in [0.1, 0.15) is 23.6 Å². The summed E-state index contributed by atoms with van der Waals surface area (Å²) in [7, 11) is 0. The number of nitrogens with zero attached hydrogens (tertiary/aromatic N) is 1. The lowest BCUT2D eigenvalue weighted by atomic mass is 10.0. The Labute approximate surface area is 71.4 Å². The number of halogens is 1. The van der Waals surface area contributed by atoms with E-state index in [1.54, 1.807) is 13.0 Å². The van der Waals surface area contributed by atoms with E-state index in [2.05, 4.69) is 0 Å². The van der Waals surface area contributed by atoms with Crippen LogP contribution in [0.3, 0.4) is 0 Å². The maximum absolute atomic E-state index is 13.1. The van der Waals surface area contributed by atoms with Gasteiger partial charge in [-0.3, -0.25) is 0 Å². The van der Waals surface area contributed by atoms with Gasteiger partial charge in [-0.2, -0.15) is 5.26 Å². The van der Waals surface area contributed by atoms with Crippen LogP contribution in [0.4, 0.5) is 4.39 Å². The molecule has 1 rings (SSSR count). The third-order valence-corrected chi connectivity index (χ3v) is 1.89. The van der Waals surface area contributed by atoms with E-state index in [-0.39, 0.29) is 5.82 Å². The van der Waals surface area contributed by atoms with E-state index in [1.165, 1.54) is 6.07 Å². The van der Waals surface area contributed by atoms with Gasteiger partial charge in [0.15, 0.2) is 0 Å². The van der Waals surface area contributed by atoms with Gasteiger partial charge in [-0.15, -0.1) is 0 Å². The summed E-state index contributed by atoms with van der Waals surface area (Å²) < 4.78 is 13.1. The van der Waals surface area contributed by atoms with Gasteiger partial charge in [0.25, 0.3) is 0 Å². The van der Waals surface area contributed by atoms with Crippen molar-refractivity contribution < 1.29 is 4.39 Å². The highest BCUT2D eigenvalue weighted by molar-refractivity contribution is 5.40. The number of nitriles is 1. The van der Waals surface area contributed by atoms with Crippen molar-refractivity contribution in [2.24, 2.45) is 0 Å². The fourth-order valence-corrected chi connectivity index (χ4v) is 1.11. The third-order valence-electron chi connectivity index (χ3n) is 1.89. The molecule has 0 unspecified atom stereocenters. The summed E-state index contributed by atoms with van der Waals surface area (Å²) >= 11 is 0. The van der Waals surface area contributed by atoms with Gasteiger partial charge in [0, 0.05) is 0 Å². The molecule has 0 spiro atoms. The lowest BCUT2D eigenvalue weighted by Gasteiger charge is -2.02. The third kappa shape index (κ3) is 1.45. The molecule has 0 aromatic heterocycles. The Hall–Kier alpha value is -1.36. The van der Waals surface area contributed by atoms with E-state index >= 15 is 0 Å². The maximum Gasteiger partial charge on any atom is 0.126 e.